The lowest BCUT2D eigenvalue weighted by Gasteiger charge is -2.20. The molecule has 0 spiro atoms. The molecule has 430 valence electrons. The smallest absolute Gasteiger partial charge is 0.305 e. The number of carbonyl (C=O) groups excluding carboxylic acids is 2. The van der Waals surface area contributed by atoms with Crippen molar-refractivity contribution in [2.24, 2.45) is 0 Å². The van der Waals surface area contributed by atoms with Crippen LogP contribution in [0, 0.1) is 0 Å². The fourth-order valence-corrected chi connectivity index (χ4v) is 10.1. The minimum atomic E-state index is -0.843. The zero-order valence-electron chi connectivity index (χ0n) is 49.1. The summed E-state index contributed by atoms with van der Waals surface area (Å²) in [5.41, 5.74) is 0. The van der Waals surface area contributed by atoms with Crippen LogP contribution in [-0.4, -0.2) is 47.4 Å². The molecule has 0 aliphatic rings. The number of hydrogen-bond acceptors (Lipinski definition) is 5. The van der Waals surface area contributed by atoms with Crippen molar-refractivity contribution in [1.82, 2.24) is 5.32 Å². The quantitative estimate of drug-likeness (QED) is 0.0320. The minimum absolute atomic E-state index is 0.00208. The van der Waals surface area contributed by atoms with E-state index >= 15 is 0 Å². The summed E-state index contributed by atoms with van der Waals surface area (Å²) in [7, 11) is 0. The van der Waals surface area contributed by atoms with E-state index in [9.17, 15) is 19.8 Å². The summed E-state index contributed by atoms with van der Waals surface area (Å²) in [4.78, 5) is 24.5. The molecule has 0 aliphatic heterocycles. The number of nitrogens with one attached hydrogen (secondary N) is 1. The van der Waals surface area contributed by atoms with Crippen molar-refractivity contribution in [2.45, 2.75) is 366 Å². The fraction of sp³-hybridized carbons (Fsp3) is 0.881. The molecule has 3 N–H and O–H groups in total. The zero-order valence-corrected chi connectivity index (χ0v) is 49.1. The van der Waals surface area contributed by atoms with Gasteiger partial charge in [-0.1, -0.05) is 314 Å². The molecule has 0 aromatic carbocycles. The van der Waals surface area contributed by atoms with Gasteiger partial charge in [-0.05, 0) is 64.2 Å². The Kier molecular flexibility index (Phi) is 61.0. The van der Waals surface area contributed by atoms with Crippen molar-refractivity contribution < 1.29 is 24.5 Å². The van der Waals surface area contributed by atoms with Crippen LogP contribution in [0.3, 0.4) is 0 Å². The number of aliphatic hydroxyl groups is 2. The summed E-state index contributed by atoms with van der Waals surface area (Å²) in [6, 6.07) is -0.627. The topological polar surface area (TPSA) is 95.9 Å². The van der Waals surface area contributed by atoms with Crippen molar-refractivity contribution in [1.29, 1.82) is 0 Å². The van der Waals surface area contributed by atoms with Gasteiger partial charge in [0.1, 0.15) is 0 Å². The average Bonchev–Trinajstić information content (AvgIpc) is 3.39. The molecule has 6 nitrogen and oxygen atoms in total. The lowest BCUT2D eigenvalue weighted by atomic mass is 10.0. The molecule has 0 heterocycles. The Balaban J connectivity index is 3.38. The Bertz CT molecular complexity index is 1180. The Morgan fingerprint density at radius 2 is 0.685 bits per heavy atom. The molecule has 0 aliphatic carbocycles. The molecule has 0 bridgehead atoms. The summed E-state index contributed by atoms with van der Waals surface area (Å²) in [5.74, 6) is -0.0624. The Morgan fingerprint density at radius 1 is 0.384 bits per heavy atom. The molecule has 2 atom stereocenters. The van der Waals surface area contributed by atoms with Crippen molar-refractivity contribution >= 4 is 11.9 Å². The Morgan fingerprint density at radius 3 is 1.07 bits per heavy atom. The summed E-state index contributed by atoms with van der Waals surface area (Å²) in [5, 5.41) is 23.2. The predicted octanol–water partition coefficient (Wildman–Crippen LogP) is 20.8. The Labute approximate surface area is 455 Å². The third-order valence-corrected chi connectivity index (χ3v) is 15.2. The lowest BCUT2D eigenvalue weighted by Crippen LogP contribution is -2.45. The van der Waals surface area contributed by atoms with Gasteiger partial charge in [0.05, 0.1) is 25.4 Å². The molecule has 0 rings (SSSR count). The average molecular weight is 1030 g/mol. The largest absolute Gasteiger partial charge is 0.466 e. The third kappa shape index (κ3) is 59.2. The van der Waals surface area contributed by atoms with Crippen molar-refractivity contribution in [2.75, 3.05) is 13.2 Å². The number of ether oxygens (including phenoxy) is 1. The second kappa shape index (κ2) is 62.6. The first-order valence-electron chi connectivity index (χ1n) is 32.8. The molecular weight excluding hydrogens is 899 g/mol. The monoisotopic (exact) mass is 1030 g/mol. The number of amides is 1. The van der Waals surface area contributed by atoms with Crippen LogP contribution in [-0.2, 0) is 14.3 Å². The second-order valence-corrected chi connectivity index (χ2v) is 22.5. The summed E-state index contributed by atoms with van der Waals surface area (Å²) in [6.45, 7) is 4.89. The maximum absolute atomic E-state index is 12.5. The molecule has 0 fully saturated rings. The number of hydrogen-bond donors (Lipinski definition) is 3. The fourth-order valence-electron chi connectivity index (χ4n) is 10.1. The number of aliphatic hydroxyl groups excluding tert-OH is 2. The highest BCUT2D eigenvalue weighted by atomic mass is 16.5. The standard InChI is InChI=1S/C67H127NO5/c1-3-5-7-9-11-13-15-17-19-32-35-39-43-47-51-55-59-65(70)64(63-69)68-66(71)60-56-52-48-44-40-36-33-29-27-25-23-21-20-22-24-26-28-30-34-38-42-46-50-54-58-62-73-67(72)61-57-53-49-45-41-37-31-18-16-14-12-10-8-6-4-2/h12,14,18,31,55,59,64-65,69-70H,3-11,13,15-17,19-30,32-54,56-58,60-63H2,1-2H3,(H,68,71)/b14-12-,31-18-,59-55+/t64-,65+/m0/s1. The SMILES string of the molecule is CCCCC/C=C\C/C=C\CCCCCCCC(=O)OCCCCCCCCCCCCCCCCCCCCCCCCCCCC(=O)N[C@@H](CO)[C@H](O)/C=C/CCCCCCCCCCCCCCCC. The predicted molar refractivity (Wildman–Crippen MR) is 319 cm³/mol. The molecule has 1 amide bonds. The van der Waals surface area contributed by atoms with E-state index in [0.717, 1.165) is 51.4 Å². The van der Waals surface area contributed by atoms with Gasteiger partial charge in [-0.2, -0.15) is 0 Å². The van der Waals surface area contributed by atoms with Crippen LogP contribution in [0.5, 0.6) is 0 Å². The molecule has 0 saturated heterocycles. The van der Waals surface area contributed by atoms with Gasteiger partial charge in [-0.25, -0.2) is 0 Å². The van der Waals surface area contributed by atoms with Crippen LogP contribution >= 0.6 is 0 Å². The first kappa shape index (κ1) is 71.1. The summed E-state index contributed by atoms with van der Waals surface area (Å²) >= 11 is 0. The molecule has 0 aromatic rings. The molecule has 6 heteroatoms. The molecule has 0 aromatic heterocycles. The summed E-state index contributed by atoms with van der Waals surface area (Å²) < 4.78 is 5.48. The lowest BCUT2D eigenvalue weighted by molar-refractivity contribution is -0.143. The van der Waals surface area contributed by atoms with Gasteiger partial charge in [0, 0.05) is 12.8 Å². The van der Waals surface area contributed by atoms with Gasteiger partial charge in [-0.15, -0.1) is 0 Å². The first-order valence-corrected chi connectivity index (χ1v) is 32.8. The number of allylic oxidation sites excluding steroid dienone is 5. The zero-order chi connectivity index (χ0) is 52.9. The maximum Gasteiger partial charge on any atom is 0.305 e. The van der Waals surface area contributed by atoms with Gasteiger partial charge in [-0.3, -0.25) is 9.59 Å². The van der Waals surface area contributed by atoms with Crippen molar-refractivity contribution in [3.05, 3.63) is 36.5 Å². The second-order valence-electron chi connectivity index (χ2n) is 22.5. The molecule has 0 saturated carbocycles. The van der Waals surface area contributed by atoms with Gasteiger partial charge in [0.2, 0.25) is 5.91 Å². The minimum Gasteiger partial charge on any atom is -0.466 e. The highest BCUT2D eigenvalue weighted by Crippen LogP contribution is 2.18. The normalized spacial score (nSPS) is 12.8. The van der Waals surface area contributed by atoms with Crippen molar-refractivity contribution in [3.8, 4) is 0 Å². The number of esters is 1. The first-order chi connectivity index (χ1) is 36.0. The van der Waals surface area contributed by atoms with Gasteiger partial charge >= 0.3 is 5.97 Å². The van der Waals surface area contributed by atoms with E-state index in [4.69, 9.17) is 4.74 Å². The maximum atomic E-state index is 12.5. The molecule has 0 unspecified atom stereocenters. The van der Waals surface area contributed by atoms with Crippen LogP contribution in [0.4, 0.5) is 0 Å². The van der Waals surface area contributed by atoms with E-state index in [1.807, 2.05) is 6.08 Å². The van der Waals surface area contributed by atoms with E-state index in [1.165, 1.54) is 276 Å². The third-order valence-electron chi connectivity index (χ3n) is 15.2. The molecule has 0 radical (unpaired) electrons. The highest BCUT2D eigenvalue weighted by molar-refractivity contribution is 5.76. The van der Waals surface area contributed by atoms with Crippen LogP contribution in [0.1, 0.15) is 354 Å². The highest BCUT2D eigenvalue weighted by Gasteiger charge is 2.18. The van der Waals surface area contributed by atoms with Gasteiger partial charge < -0.3 is 20.3 Å². The van der Waals surface area contributed by atoms with Gasteiger partial charge in [0.15, 0.2) is 0 Å². The van der Waals surface area contributed by atoms with E-state index < -0.39 is 12.1 Å². The van der Waals surface area contributed by atoms with Crippen molar-refractivity contribution in [3.63, 3.8) is 0 Å². The van der Waals surface area contributed by atoms with E-state index in [-0.39, 0.29) is 18.5 Å². The number of unbranched alkanes of at least 4 members (excludes halogenated alkanes) is 46. The molecule has 73 heavy (non-hydrogen) atoms. The molecular formula is C67H127NO5. The summed E-state index contributed by atoms with van der Waals surface area (Å²) in [6.07, 6.45) is 79.1. The van der Waals surface area contributed by atoms with E-state index in [0.29, 0.717) is 19.4 Å². The van der Waals surface area contributed by atoms with Gasteiger partial charge in [0.25, 0.3) is 0 Å². The van der Waals surface area contributed by atoms with E-state index in [2.05, 4.69) is 43.5 Å². The van der Waals surface area contributed by atoms with E-state index in [1.54, 1.807) is 6.08 Å². The van der Waals surface area contributed by atoms with Crippen LogP contribution in [0.15, 0.2) is 36.5 Å². The number of rotatable bonds is 61. The Hall–Kier alpha value is -1.92. The van der Waals surface area contributed by atoms with Crippen LogP contribution in [0.2, 0.25) is 0 Å². The number of carbonyl (C=O) groups is 2. The van der Waals surface area contributed by atoms with Crippen LogP contribution < -0.4 is 5.32 Å². The van der Waals surface area contributed by atoms with Crippen LogP contribution in [0.25, 0.3) is 0 Å².